The minimum atomic E-state index is -0.314. The molecule has 0 fully saturated rings. The number of nitrogens with zero attached hydrogens (tertiary/aromatic N) is 1. The molecule has 18 heavy (non-hydrogen) atoms. The maximum Gasteiger partial charge on any atom is 0.282 e. The van der Waals surface area contributed by atoms with Gasteiger partial charge in [0.25, 0.3) is 5.69 Å². The fourth-order valence-corrected chi connectivity index (χ4v) is 2.64. The van der Waals surface area contributed by atoms with Crippen LogP contribution >= 0.6 is 11.8 Å². The van der Waals surface area contributed by atoms with E-state index in [1.807, 2.05) is 19.2 Å². The maximum absolute atomic E-state index is 10.8. The highest BCUT2D eigenvalue weighted by Gasteiger charge is 2.12. The zero-order valence-electron chi connectivity index (χ0n) is 10.9. The molecule has 4 nitrogen and oxygen atoms in total. The summed E-state index contributed by atoms with van der Waals surface area (Å²) in [7, 11) is 1.97. The van der Waals surface area contributed by atoms with Crippen molar-refractivity contribution in [1.29, 1.82) is 0 Å². The molecule has 1 aromatic carbocycles. The van der Waals surface area contributed by atoms with E-state index in [9.17, 15) is 10.1 Å². The monoisotopic (exact) mass is 268 g/mol. The lowest BCUT2D eigenvalue weighted by Gasteiger charge is -2.09. The molecule has 0 spiro atoms. The van der Waals surface area contributed by atoms with Crippen LogP contribution in [0, 0.1) is 10.1 Å². The van der Waals surface area contributed by atoms with Gasteiger partial charge in [0.2, 0.25) is 0 Å². The summed E-state index contributed by atoms with van der Waals surface area (Å²) in [5.41, 5.74) is 0.214. The Hall–Kier alpha value is -1.07. The first-order chi connectivity index (χ1) is 8.65. The van der Waals surface area contributed by atoms with Crippen molar-refractivity contribution in [3.05, 3.63) is 34.4 Å². The Balaban J connectivity index is 2.33. The predicted octanol–water partition coefficient (Wildman–Crippen LogP) is 3.47. The number of nitro groups is 1. The zero-order chi connectivity index (χ0) is 13.4. The van der Waals surface area contributed by atoms with Crippen LogP contribution in [0.25, 0.3) is 0 Å². The van der Waals surface area contributed by atoms with E-state index in [0.29, 0.717) is 6.04 Å². The molecule has 0 bridgehead atoms. The summed E-state index contributed by atoms with van der Waals surface area (Å²) in [5.74, 6) is 0.932. The van der Waals surface area contributed by atoms with Crippen LogP contribution in [0.5, 0.6) is 0 Å². The largest absolute Gasteiger partial charge is 0.317 e. The van der Waals surface area contributed by atoms with E-state index in [0.717, 1.165) is 29.9 Å². The molecule has 0 aromatic heterocycles. The summed E-state index contributed by atoms with van der Waals surface area (Å²) in [6.07, 6.45) is 3.38. The van der Waals surface area contributed by atoms with Crippen LogP contribution < -0.4 is 5.32 Å². The Bertz CT molecular complexity index is 385. The van der Waals surface area contributed by atoms with E-state index >= 15 is 0 Å². The molecule has 0 amide bonds. The van der Waals surface area contributed by atoms with Crippen LogP contribution in [0.3, 0.4) is 0 Å². The molecule has 0 saturated heterocycles. The Kier molecular flexibility index (Phi) is 6.75. The Morgan fingerprint density at radius 1 is 1.39 bits per heavy atom. The molecule has 1 rings (SSSR count). The third-order valence-electron chi connectivity index (χ3n) is 2.84. The van der Waals surface area contributed by atoms with Crippen LogP contribution in [0.15, 0.2) is 29.2 Å². The molecule has 0 heterocycles. The predicted molar refractivity (Wildman–Crippen MR) is 76.2 cm³/mol. The minimum absolute atomic E-state index is 0.214. The summed E-state index contributed by atoms with van der Waals surface area (Å²) < 4.78 is 0. The summed E-state index contributed by atoms with van der Waals surface area (Å²) in [6, 6.07) is 7.47. The first-order valence-corrected chi connectivity index (χ1v) is 7.17. The highest BCUT2D eigenvalue weighted by atomic mass is 32.2. The van der Waals surface area contributed by atoms with Crippen LogP contribution in [0.1, 0.15) is 26.2 Å². The number of hydrogen-bond donors (Lipinski definition) is 1. The highest BCUT2D eigenvalue weighted by molar-refractivity contribution is 7.99. The van der Waals surface area contributed by atoms with Gasteiger partial charge in [-0.1, -0.05) is 18.6 Å². The van der Waals surface area contributed by atoms with Gasteiger partial charge in [0.05, 0.1) is 9.82 Å². The zero-order valence-corrected chi connectivity index (χ0v) is 11.7. The highest BCUT2D eigenvalue weighted by Crippen LogP contribution is 2.29. The maximum atomic E-state index is 10.8. The molecule has 1 atom stereocenters. The van der Waals surface area contributed by atoms with Gasteiger partial charge in [-0.2, -0.15) is 0 Å². The molecule has 0 radical (unpaired) electrons. The summed E-state index contributed by atoms with van der Waals surface area (Å²) in [6.45, 7) is 2.16. The third-order valence-corrected chi connectivity index (χ3v) is 3.99. The Morgan fingerprint density at radius 2 is 2.11 bits per heavy atom. The Morgan fingerprint density at radius 3 is 2.78 bits per heavy atom. The van der Waals surface area contributed by atoms with Gasteiger partial charge >= 0.3 is 0 Å². The van der Waals surface area contributed by atoms with Gasteiger partial charge in [0.15, 0.2) is 0 Å². The second-order valence-corrected chi connectivity index (χ2v) is 5.40. The normalized spacial score (nSPS) is 12.3. The lowest BCUT2D eigenvalue weighted by molar-refractivity contribution is -0.387. The van der Waals surface area contributed by atoms with E-state index in [1.165, 1.54) is 0 Å². The number of para-hydroxylation sites is 1. The number of nitrogens with one attached hydrogen (secondary N) is 1. The average Bonchev–Trinajstić information content (AvgIpc) is 2.38. The van der Waals surface area contributed by atoms with E-state index < -0.39 is 0 Å². The molecule has 1 aromatic rings. The number of thioether (sulfide) groups is 1. The molecular formula is C13H20N2O2S. The van der Waals surface area contributed by atoms with Crippen LogP contribution in [-0.4, -0.2) is 23.8 Å². The molecule has 1 unspecified atom stereocenters. The summed E-state index contributed by atoms with van der Waals surface area (Å²) in [4.78, 5) is 11.3. The molecule has 5 heteroatoms. The fourth-order valence-electron chi connectivity index (χ4n) is 1.61. The van der Waals surface area contributed by atoms with E-state index in [4.69, 9.17) is 0 Å². The third kappa shape index (κ3) is 5.06. The van der Waals surface area contributed by atoms with Crippen molar-refractivity contribution in [1.82, 2.24) is 5.32 Å². The van der Waals surface area contributed by atoms with Crippen molar-refractivity contribution >= 4 is 17.4 Å². The van der Waals surface area contributed by atoms with E-state index in [-0.39, 0.29) is 10.6 Å². The van der Waals surface area contributed by atoms with Crippen LogP contribution in [-0.2, 0) is 0 Å². The van der Waals surface area contributed by atoms with Crippen LogP contribution in [0.4, 0.5) is 5.69 Å². The van der Waals surface area contributed by atoms with Crippen molar-refractivity contribution in [2.45, 2.75) is 37.1 Å². The number of rotatable bonds is 8. The summed E-state index contributed by atoms with van der Waals surface area (Å²) >= 11 is 1.57. The first-order valence-electron chi connectivity index (χ1n) is 6.18. The standard InChI is InChI=1S/C13H20N2O2S/c1-11(14-2)7-5-6-10-18-13-9-4-3-8-12(13)15(16)17/h3-4,8-9,11,14H,5-7,10H2,1-2H3. The van der Waals surface area contributed by atoms with Gasteiger partial charge in [-0.05, 0) is 38.6 Å². The lowest BCUT2D eigenvalue weighted by Crippen LogP contribution is -2.20. The van der Waals surface area contributed by atoms with Gasteiger partial charge in [-0.3, -0.25) is 10.1 Å². The topological polar surface area (TPSA) is 55.2 Å². The number of unbranched alkanes of at least 4 members (excludes halogenated alkanes) is 1. The van der Waals surface area contributed by atoms with Crippen molar-refractivity contribution in [2.24, 2.45) is 0 Å². The molecular weight excluding hydrogens is 248 g/mol. The van der Waals surface area contributed by atoms with Gasteiger partial charge in [0.1, 0.15) is 0 Å². The van der Waals surface area contributed by atoms with Gasteiger partial charge in [0, 0.05) is 12.1 Å². The SMILES string of the molecule is CNC(C)CCCCSc1ccccc1[N+](=O)[O-]. The van der Waals surface area contributed by atoms with Crippen molar-refractivity contribution in [3.8, 4) is 0 Å². The second kappa shape index (κ2) is 8.11. The summed E-state index contributed by atoms with van der Waals surface area (Å²) in [5, 5.41) is 14.0. The Labute approximate surface area is 112 Å². The minimum Gasteiger partial charge on any atom is -0.317 e. The quantitative estimate of drug-likeness (QED) is 0.339. The number of hydrogen-bond acceptors (Lipinski definition) is 4. The molecule has 0 saturated carbocycles. The first kappa shape index (κ1) is 15.0. The fraction of sp³-hybridized carbons (Fsp3) is 0.538. The second-order valence-electron chi connectivity index (χ2n) is 4.26. The average molecular weight is 268 g/mol. The van der Waals surface area contributed by atoms with Gasteiger partial charge in [-0.25, -0.2) is 0 Å². The van der Waals surface area contributed by atoms with E-state index in [2.05, 4.69) is 12.2 Å². The molecule has 100 valence electrons. The van der Waals surface area contributed by atoms with Crippen molar-refractivity contribution < 1.29 is 4.92 Å². The van der Waals surface area contributed by atoms with Gasteiger partial charge < -0.3 is 5.32 Å². The number of benzene rings is 1. The molecule has 1 N–H and O–H groups in total. The molecule has 0 aliphatic carbocycles. The van der Waals surface area contributed by atoms with Crippen molar-refractivity contribution in [3.63, 3.8) is 0 Å². The van der Waals surface area contributed by atoms with Crippen molar-refractivity contribution in [2.75, 3.05) is 12.8 Å². The molecule has 0 aliphatic rings. The van der Waals surface area contributed by atoms with Gasteiger partial charge in [-0.15, -0.1) is 11.8 Å². The smallest absolute Gasteiger partial charge is 0.282 e. The number of nitro benzene ring substituents is 1. The van der Waals surface area contributed by atoms with Crippen LogP contribution in [0.2, 0.25) is 0 Å². The van der Waals surface area contributed by atoms with E-state index in [1.54, 1.807) is 23.9 Å². The molecule has 0 aliphatic heterocycles. The lowest BCUT2D eigenvalue weighted by atomic mass is 10.1.